The summed E-state index contributed by atoms with van der Waals surface area (Å²) in [5.74, 6) is 0.376. The summed E-state index contributed by atoms with van der Waals surface area (Å²) in [6, 6.07) is 16.7. The van der Waals surface area contributed by atoms with Gasteiger partial charge in [-0.25, -0.2) is 9.67 Å². The van der Waals surface area contributed by atoms with Gasteiger partial charge in [0.25, 0.3) is 5.56 Å². The normalized spacial score (nSPS) is 10.6. The van der Waals surface area contributed by atoms with E-state index >= 15 is 0 Å². The van der Waals surface area contributed by atoms with Gasteiger partial charge >= 0.3 is 0 Å². The van der Waals surface area contributed by atoms with Crippen molar-refractivity contribution >= 4 is 16.6 Å². The molecule has 0 aliphatic carbocycles. The zero-order chi connectivity index (χ0) is 17.9. The van der Waals surface area contributed by atoms with Crippen LogP contribution in [0, 0.1) is 11.3 Å². The molecule has 126 valence electrons. The second-order valence-electron chi connectivity index (χ2n) is 5.74. The summed E-state index contributed by atoms with van der Waals surface area (Å²) >= 11 is 0. The highest BCUT2D eigenvalue weighted by atomic mass is 16.1. The Labute approximate surface area is 148 Å². The SMILES string of the molecule is N#Cc1cccc(CNc2ccc3nc(-n4cccn4)[nH]c(=O)c3c2)c1. The van der Waals surface area contributed by atoms with Crippen molar-refractivity contribution in [1.29, 1.82) is 5.26 Å². The number of aromatic amines is 1. The van der Waals surface area contributed by atoms with Crippen LogP contribution in [0.5, 0.6) is 0 Å². The molecule has 0 saturated carbocycles. The van der Waals surface area contributed by atoms with E-state index in [2.05, 4.69) is 26.5 Å². The lowest BCUT2D eigenvalue weighted by Crippen LogP contribution is -2.14. The number of fused-ring (bicyclic) bond motifs is 1. The zero-order valence-corrected chi connectivity index (χ0v) is 13.7. The van der Waals surface area contributed by atoms with Crippen molar-refractivity contribution in [3.8, 4) is 12.0 Å². The van der Waals surface area contributed by atoms with Crippen LogP contribution in [0.2, 0.25) is 0 Å². The fourth-order valence-corrected chi connectivity index (χ4v) is 2.69. The van der Waals surface area contributed by atoms with Gasteiger partial charge in [0.15, 0.2) is 0 Å². The molecule has 0 aliphatic heterocycles. The molecule has 0 atom stereocenters. The summed E-state index contributed by atoms with van der Waals surface area (Å²) in [6.07, 6.45) is 3.34. The summed E-state index contributed by atoms with van der Waals surface area (Å²) in [5.41, 5.74) is 2.78. The Morgan fingerprint density at radius 3 is 2.92 bits per heavy atom. The van der Waals surface area contributed by atoms with Crippen LogP contribution in [-0.4, -0.2) is 19.7 Å². The number of anilines is 1. The number of benzene rings is 2. The third-order valence-corrected chi connectivity index (χ3v) is 3.97. The Morgan fingerprint density at radius 2 is 2.12 bits per heavy atom. The maximum atomic E-state index is 12.4. The van der Waals surface area contributed by atoms with E-state index < -0.39 is 0 Å². The third-order valence-electron chi connectivity index (χ3n) is 3.97. The van der Waals surface area contributed by atoms with Crippen LogP contribution in [0.4, 0.5) is 5.69 Å². The molecule has 4 rings (SSSR count). The van der Waals surface area contributed by atoms with Crippen molar-refractivity contribution in [2.45, 2.75) is 6.54 Å². The standard InChI is InChI=1S/C19H14N6O/c20-11-13-3-1-4-14(9-13)12-21-15-5-6-17-16(10-15)18(26)24-19(23-17)25-8-2-7-22-25/h1-10,21H,12H2,(H,23,24,26). The van der Waals surface area contributed by atoms with Gasteiger partial charge in [0.1, 0.15) is 0 Å². The van der Waals surface area contributed by atoms with Crippen molar-refractivity contribution in [2.24, 2.45) is 0 Å². The molecule has 7 heteroatoms. The summed E-state index contributed by atoms with van der Waals surface area (Å²) < 4.78 is 1.51. The minimum Gasteiger partial charge on any atom is -0.381 e. The molecule has 7 nitrogen and oxygen atoms in total. The average molecular weight is 342 g/mol. The molecule has 26 heavy (non-hydrogen) atoms. The monoisotopic (exact) mass is 342 g/mol. The van der Waals surface area contributed by atoms with Gasteiger partial charge < -0.3 is 5.32 Å². The summed E-state index contributed by atoms with van der Waals surface area (Å²) in [5, 5.41) is 16.8. The van der Waals surface area contributed by atoms with E-state index in [1.165, 1.54) is 4.68 Å². The molecule has 0 fully saturated rings. The number of aromatic nitrogens is 4. The summed E-state index contributed by atoms with van der Waals surface area (Å²) in [7, 11) is 0. The smallest absolute Gasteiger partial charge is 0.260 e. The Kier molecular flexibility index (Phi) is 3.92. The van der Waals surface area contributed by atoms with Crippen LogP contribution in [0.3, 0.4) is 0 Å². The maximum absolute atomic E-state index is 12.4. The lowest BCUT2D eigenvalue weighted by atomic mass is 10.1. The van der Waals surface area contributed by atoms with E-state index in [0.29, 0.717) is 29.0 Å². The van der Waals surface area contributed by atoms with Crippen molar-refractivity contribution < 1.29 is 0 Å². The summed E-state index contributed by atoms with van der Waals surface area (Å²) in [4.78, 5) is 19.6. The van der Waals surface area contributed by atoms with Crippen molar-refractivity contribution in [3.05, 3.63) is 82.4 Å². The van der Waals surface area contributed by atoms with Crippen LogP contribution in [0.15, 0.2) is 65.7 Å². The second kappa shape index (κ2) is 6.53. The van der Waals surface area contributed by atoms with E-state index in [0.717, 1.165) is 11.3 Å². The van der Waals surface area contributed by atoms with E-state index in [9.17, 15) is 4.79 Å². The molecule has 0 aliphatic rings. The van der Waals surface area contributed by atoms with Crippen molar-refractivity contribution in [3.63, 3.8) is 0 Å². The maximum Gasteiger partial charge on any atom is 0.260 e. The molecule has 2 aromatic carbocycles. The van der Waals surface area contributed by atoms with Gasteiger partial charge in [-0.15, -0.1) is 0 Å². The highest BCUT2D eigenvalue weighted by Gasteiger charge is 2.07. The van der Waals surface area contributed by atoms with Crippen LogP contribution >= 0.6 is 0 Å². The van der Waals surface area contributed by atoms with Gasteiger partial charge in [0.2, 0.25) is 5.95 Å². The lowest BCUT2D eigenvalue weighted by Gasteiger charge is -2.08. The number of nitrogens with zero attached hydrogens (tertiary/aromatic N) is 4. The summed E-state index contributed by atoms with van der Waals surface area (Å²) in [6.45, 7) is 0.553. The highest BCUT2D eigenvalue weighted by Crippen LogP contribution is 2.16. The van der Waals surface area contributed by atoms with Crippen LogP contribution in [0.25, 0.3) is 16.9 Å². The van der Waals surface area contributed by atoms with E-state index in [4.69, 9.17) is 5.26 Å². The Balaban J connectivity index is 1.61. The Bertz CT molecular complexity index is 1170. The number of nitrogens with one attached hydrogen (secondary N) is 2. The molecule has 0 saturated heterocycles. The van der Waals surface area contributed by atoms with E-state index in [1.807, 2.05) is 24.3 Å². The quantitative estimate of drug-likeness (QED) is 0.594. The first kappa shape index (κ1) is 15.6. The Morgan fingerprint density at radius 1 is 1.19 bits per heavy atom. The fourth-order valence-electron chi connectivity index (χ4n) is 2.69. The topological polar surface area (TPSA) is 99.4 Å². The minimum atomic E-state index is -0.226. The number of hydrogen-bond donors (Lipinski definition) is 2. The van der Waals surface area contributed by atoms with Gasteiger partial charge in [-0.1, -0.05) is 12.1 Å². The first-order valence-corrected chi connectivity index (χ1v) is 8.00. The number of nitriles is 1. The zero-order valence-electron chi connectivity index (χ0n) is 13.7. The first-order valence-electron chi connectivity index (χ1n) is 8.00. The fraction of sp³-hybridized carbons (Fsp3) is 0.0526. The second-order valence-corrected chi connectivity index (χ2v) is 5.74. The molecule has 0 radical (unpaired) electrons. The predicted molar refractivity (Wildman–Crippen MR) is 98.0 cm³/mol. The minimum absolute atomic E-state index is 0.226. The van der Waals surface area contributed by atoms with Gasteiger partial charge in [-0.2, -0.15) is 10.4 Å². The molecule has 4 aromatic rings. The van der Waals surface area contributed by atoms with Crippen LogP contribution in [-0.2, 0) is 6.54 Å². The number of rotatable bonds is 4. The first-order chi connectivity index (χ1) is 12.7. The molecule has 0 spiro atoms. The van der Waals surface area contributed by atoms with Crippen molar-refractivity contribution in [2.75, 3.05) is 5.32 Å². The molecule has 0 bridgehead atoms. The molecule has 0 unspecified atom stereocenters. The number of hydrogen-bond acceptors (Lipinski definition) is 5. The van der Waals surface area contributed by atoms with Gasteiger partial charge in [-0.05, 0) is 42.0 Å². The number of H-pyrrole nitrogens is 1. The van der Waals surface area contributed by atoms with Gasteiger partial charge in [0.05, 0.1) is 22.5 Å². The van der Waals surface area contributed by atoms with Gasteiger partial charge in [0, 0.05) is 24.6 Å². The molecule has 2 aromatic heterocycles. The molecular formula is C19H14N6O. The van der Waals surface area contributed by atoms with Crippen molar-refractivity contribution in [1.82, 2.24) is 19.7 Å². The van der Waals surface area contributed by atoms with Gasteiger partial charge in [-0.3, -0.25) is 9.78 Å². The molecule has 2 N–H and O–H groups in total. The lowest BCUT2D eigenvalue weighted by molar-refractivity contribution is 0.810. The van der Waals surface area contributed by atoms with E-state index in [1.54, 1.807) is 36.7 Å². The predicted octanol–water partition coefficient (Wildman–Crippen LogP) is 2.59. The largest absolute Gasteiger partial charge is 0.381 e. The Hall–Kier alpha value is -3.92. The molecule has 2 heterocycles. The average Bonchev–Trinajstić information content (AvgIpc) is 3.21. The third kappa shape index (κ3) is 3.03. The molecular weight excluding hydrogens is 328 g/mol. The van der Waals surface area contributed by atoms with Crippen LogP contribution < -0.4 is 10.9 Å². The van der Waals surface area contributed by atoms with E-state index in [-0.39, 0.29) is 5.56 Å². The molecule has 0 amide bonds. The highest BCUT2D eigenvalue weighted by molar-refractivity contribution is 5.81. The van der Waals surface area contributed by atoms with Crippen LogP contribution in [0.1, 0.15) is 11.1 Å².